The van der Waals surface area contributed by atoms with Gasteiger partial charge in [-0.25, -0.2) is 8.78 Å². The second-order valence-corrected chi connectivity index (χ2v) is 4.72. The number of anilines is 1. The minimum absolute atomic E-state index is 0.0454. The van der Waals surface area contributed by atoms with Crippen molar-refractivity contribution < 1.29 is 22.9 Å². The molecule has 0 aliphatic heterocycles. The third-order valence-corrected chi connectivity index (χ3v) is 3.05. The van der Waals surface area contributed by atoms with Gasteiger partial charge in [0, 0.05) is 18.2 Å². The van der Waals surface area contributed by atoms with Gasteiger partial charge in [0.2, 0.25) is 11.7 Å². The van der Waals surface area contributed by atoms with E-state index in [1.165, 1.54) is 12.1 Å². The topological polar surface area (TPSA) is 72.2 Å². The van der Waals surface area contributed by atoms with Gasteiger partial charge in [0.05, 0.1) is 4.92 Å². The Morgan fingerprint density at radius 2 is 1.74 bits per heavy atom. The first kappa shape index (κ1) is 16.5. The number of carbonyl (C=O) groups excluding carboxylic acids is 1. The van der Waals surface area contributed by atoms with E-state index in [0.717, 1.165) is 24.3 Å². The Labute approximate surface area is 128 Å². The van der Waals surface area contributed by atoms with E-state index in [4.69, 9.17) is 0 Å². The Bertz CT molecular complexity index is 766. The number of benzene rings is 2. The number of nitrogens with one attached hydrogen (secondary N) is 1. The summed E-state index contributed by atoms with van der Waals surface area (Å²) in [5.41, 5.74) is -0.235. The first-order chi connectivity index (χ1) is 10.9. The summed E-state index contributed by atoms with van der Waals surface area (Å²) >= 11 is 0. The summed E-state index contributed by atoms with van der Waals surface area (Å²) in [6.07, 6.45) is 0.114. The van der Waals surface area contributed by atoms with Crippen molar-refractivity contribution >= 4 is 17.3 Å². The molecule has 1 amide bonds. The summed E-state index contributed by atoms with van der Waals surface area (Å²) in [4.78, 5) is 21.5. The number of hydrogen-bond donors (Lipinski definition) is 1. The molecule has 0 aliphatic carbocycles. The van der Waals surface area contributed by atoms with Crippen LogP contribution in [0.2, 0.25) is 0 Å². The van der Waals surface area contributed by atoms with Crippen LogP contribution in [0, 0.1) is 27.6 Å². The molecule has 2 aromatic rings. The van der Waals surface area contributed by atoms with Gasteiger partial charge in [-0.2, -0.15) is 4.39 Å². The predicted molar refractivity (Wildman–Crippen MR) is 76.4 cm³/mol. The van der Waals surface area contributed by atoms with E-state index >= 15 is 0 Å². The standard InChI is InChI=1S/C15H11F3N2O3/c16-11-4-1-9(7-13(11)18)2-6-15(21)19-10-3-5-12(17)14(8-10)20(22)23/h1,3-5,7-8H,2,6H2,(H,19,21). The second kappa shape index (κ2) is 6.91. The number of nitro groups is 1. The zero-order valence-electron chi connectivity index (χ0n) is 11.7. The summed E-state index contributed by atoms with van der Waals surface area (Å²) in [5, 5.41) is 13.0. The monoisotopic (exact) mass is 324 g/mol. The number of halogens is 3. The number of aryl methyl sites for hydroxylation is 1. The van der Waals surface area contributed by atoms with Crippen molar-refractivity contribution in [2.75, 3.05) is 5.32 Å². The van der Waals surface area contributed by atoms with E-state index in [2.05, 4.69) is 5.32 Å². The van der Waals surface area contributed by atoms with Crippen molar-refractivity contribution in [2.45, 2.75) is 12.8 Å². The number of carbonyl (C=O) groups is 1. The number of hydrogen-bond acceptors (Lipinski definition) is 3. The molecule has 1 N–H and O–H groups in total. The van der Waals surface area contributed by atoms with E-state index in [1.807, 2.05) is 0 Å². The van der Waals surface area contributed by atoms with E-state index in [9.17, 15) is 28.1 Å². The van der Waals surface area contributed by atoms with Crippen molar-refractivity contribution in [3.8, 4) is 0 Å². The second-order valence-electron chi connectivity index (χ2n) is 4.72. The summed E-state index contributed by atoms with van der Waals surface area (Å²) < 4.78 is 39.0. The molecule has 0 spiro atoms. The minimum atomic E-state index is -1.00. The molecule has 5 nitrogen and oxygen atoms in total. The van der Waals surface area contributed by atoms with Gasteiger partial charge in [0.1, 0.15) is 0 Å². The van der Waals surface area contributed by atoms with E-state index in [-0.39, 0.29) is 18.5 Å². The lowest BCUT2D eigenvalue weighted by Gasteiger charge is -2.06. The summed E-state index contributed by atoms with van der Waals surface area (Å²) in [7, 11) is 0. The first-order valence-electron chi connectivity index (χ1n) is 6.54. The molecule has 0 aromatic heterocycles. The molecule has 2 rings (SSSR count). The largest absolute Gasteiger partial charge is 0.326 e. The van der Waals surface area contributed by atoms with Crippen molar-refractivity contribution in [3.63, 3.8) is 0 Å². The number of nitrogens with zero attached hydrogens (tertiary/aromatic N) is 1. The van der Waals surface area contributed by atoms with Crippen molar-refractivity contribution in [2.24, 2.45) is 0 Å². The Morgan fingerprint density at radius 1 is 1.04 bits per heavy atom. The molecule has 0 radical (unpaired) electrons. The van der Waals surface area contributed by atoms with Crippen LogP contribution < -0.4 is 5.32 Å². The van der Waals surface area contributed by atoms with Crippen LogP contribution in [0.3, 0.4) is 0 Å². The normalized spacial score (nSPS) is 10.4. The summed E-state index contributed by atoms with van der Waals surface area (Å²) in [5.74, 6) is -3.47. The van der Waals surface area contributed by atoms with Gasteiger partial charge < -0.3 is 5.32 Å². The maximum atomic E-state index is 13.2. The maximum Gasteiger partial charge on any atom is 0.306 e. The summed E-state index contributed by atoms with van der Waals surface area (Å²) in [6, 6.07) is 6.29. The molecule has 2 aromatic carbocycles. The lowest BCUT2D eigenvalue weighted by atomic mass is 10.1. The van der Waals surface area contributed by atoms with Gasteiger partial charge in [0.15, 0.2) is 11.6 Å². The van der Waals surface area contributed by atoms with Gasteiger partial charge in [-0.1, -0.05) is 6.07 Å². The highest BCUT2D eigenvalue weighted by Crippen LogP contribution is 2.21. The molecule has 0 aliphatic rings. The lowest BCUT2D eigenvalue weighted by molar-refractivity contribution is -0.387. The Morgan fingerprint density at radius 3 is 2.39 bits per heavy atom. The lowest BCUT2D eigenvalue weighted by Crippen LogP contribution is -2.12. The molecule has 0 unspecified atom stereocenters. The molecule has 23 heavy (non-hydrogen) atoms. The predicted octanol–water partition coefficient (Wildman–Crippen LogP) is 3.58. The fourth-order valence-electron chi connectivity index (χ4n) is 1.91. The van der Waals surface area contributed by atoms with Crippen LogP contribution in [0.15, 0.2) is 36.4 Å². The van der Waals surface area contributed by atoms with E-state index < -0.39 is 34.0 Å². The molecule has 0 saturated carbocycles. The Balaban J connectivity index is 1.98. The van der Waals surface area contributed by atoms with Crippen molar-refractivity contribution in [3.05, 3.63) is 69.5 Å². The van der Waals surface area contributed by atoms with Crippen LogP contribution >= 0.6 is 0 Å². The third-order valence-electron chi connectivity index (χ3n) is 3.05. The smallest absolute Gasteiger partial charge is 0.306 e. The van der Waals surface area contributed by atoms with Crippen molar-refractivity contribution in [1.82, 2.24) is 0 Å². The van der Waals surface area contributed by atoms with E-state index in [0.29, 0.717) is 5.56 Å². The molecule has 0 atom stereocenters. The van der Waals surface area contributed by atoms with Crippen LogP contribution in [0.1, 0.15) is 12.0 Å². The average molecular weight is 324 g/mol. The van der Waals surface area contributed by atoms with Crippen LogP contribution in [0.4, 0.5) is 24.5 Å². The Kier molecular flexibility index (Phi) is 4.95. The van der Waals surface area contributed by atoms with Gasteiger partial charge in [-0.15, -0.1) is 0 Å². The highest BCUT2D eigenvalue weighted by atomic mass is 19.2. The Hall–Kier alpha value is -2.90. The fourth-order valence-corrected chi connectivity index (χ4v) is 1.91. The summed E-state index contributed by atoms with van der Waals surface area (Å²) in [6.45, 7) is 0. The van der Waals surface area contributed by atoms with Crippen LogP contribution in [0.25, 0.3) is 0 Å². The van der Waals surface area contributed by atoms with E-state index in [1.54, 1.807) is 0 Å². The molecule has 0 saturated heterocycles. The number of nitro benzene ring substituents is 1. The first-order valence-corrected chi connectivity index (χ1v) is 6.54. The molecular weight excluding hydrogens is 313 g/mol. The van der Waals surface area contributed by atoms with Crippen LogP contribution in [-0.4, -0.2) is 10.8 Å². The zero-order chi connectivity index (χ0) is 17.0. The van der Waals surface area contributed by atoms with Gasteiger partial charge >= 0.3 is 5.69 Å². The van der Waals surface area contributed by atoms with Crippen molar-refractivity contribution in [1.29, 1.82) is 0 Å². The molecule has 0 fully saturated rings. The number of rotatable bonds is 5. The molecule has 0 bridgehead atoms. The highest BCUT2D eigenvalue weighted by Gasteiger charge is 2.15. The quantitative estimate of drug-likeness (QED) is 0.675. The van der Waals surface area contributed by atoms with Crippen LogP contribution in [0.5, 0.6) is 0 Å². The highest BCUT2D eigenvalue weighted by molar-refractivity contribution is 5.91. The molecule has 8 heteroatoms. The minimum Gasteiger partial charge on any atom is -0.326 e. The number of amides is 1. The van der Waals surface area contributed by atoms with Crippen LogP contribution in [-0.2, 0) is 11.2 Å². The van der Waals surface area contributed by atoms with Gasteiger partial charge in [-0.05, 0) is 36.2 Å². The zero-order valence-corrected chi connectivity index (χ0v) is 11.7. The molecule has 120 valence electrons. The fraction of sp³-hybridized carbons (Fsp3) is 0.133. The third kappa shape index (κ3) is 4.29. The van der Waals surface area contributed by atoms with Gasteiger partial charge in [0.25, 0.3) is 0 Å². The molecule has 0 heterocycles. The SMILES string of the molecule is O=C(CCc1ccc(F)c(F)c1)Nc1ccc(F)c([N+](=O)[O-])c1. The molecular formula is C15H11F3N2O3. The average Bonchev–Trinajstić information content (AvgIpc) is 2.50. The maximum absolute atomic E-state index is 13.2. The van der Waals surface area contributed by atoms with Gasteiger partial charge in [-0.3, -0.25) is 14.9 Å².